The van der Waals surface area contributed by atoms with Gasteiger partial charge in [-0.2, -0.15) is 0 Å². The van der Waals surface area contributed by atoms with Gasteiger partial charge in [-0.3, -0.25) is 0 Å². The summed E-state index contributed by atoms with van der Waals surface area (Å²) in [5.41, 5.74) is 1.62. The third-order valence-corrected chi connectivity index (χ3v) is 3.35. The van der Waals surface area contributed by atoms with Crippen LogP contribution in [-0.4, -0.2) is 24.2 Å². The van der Waals surface area contributed by atoms with Crippen molar-refractivity contribution in [1.29, 1.82) is 0 Å². The predicted octanol–water partition coefficient (Wildman–Crippen LogP) is 3.29. The summed E-state index contributed by atoms with van der Waals surface area (Å²) in [4.78, 5) is 4.45. The van der Waals surface area contributed by atoms with Crippen molar-refractivity contribution in [2.45, 2.75) is 33.2 Å². The van der Waals surface area contributed by atoms with Crippen molar-refractivity contribution in [2.75, 3.05) is 13.1 Å². The molecule has 0 spiro atoms. The molecular weight excluding hydrogens is 422 g/mol. The molecule has 0 unspecified atom stereocenters. The zero-order valence-electron chi connectivity index (χ0n) is 14.0. The van der Waals surface area contributed by atoms with E-state index in [-0.39, 0.29) is 29.8 Å². The Labute approximate surface area is 159 Å². The molecule has 1 aromatic carbocycles. The van der Waals surface area contributed by atoms with Gasteiger partial charge >= 0.3 is 0 Å². The van der Waals surface area contributed by atoms with E-state index in [1.165, 1.54) is 6.07 Å². The molecule has 1 heterocycles. The van der Waals surface area contributed by atoms with Gasteiger partial charge in [-0.15, -0.1) is 24.0 Å². The van der Waals surface area contributed by atoms with Crippen LogP contribution in [0.2, 0.25) is 0 Å². The Kier molecular flexibility index (Phi) is 9.36. The highest BCUT2D eigenvalue weighted by Crippen LogP contribution is 2.07. The lowest BCUT2D eigenvalue weighted by Gasteiger charge is -2.11. The highest BCUT2D eigenvalue weighted by atomic mass is 127. The second-order valence-corrected chi connectivity index (χ2v) is 5.10. The van der Waals surface area contributed by atoms with Crippen LogP contribution in [0.3, 0.4) is 0 Å². The van der Waals surface area contributed by atoms with E-state index in [1.807, 2.05) is 26.0 Å². The van der Waals surface area contributed by atoms with Crippen LogP contribution in [0.15, 0.2) is 39.8 Å². The third-order valence-electron chi connectivity index (χ3n) is 3.35. The first kappa shape index (κ1) is 20.4. The highest BCUT2D eigenvalue weighted by molar-refractivity contribution is 14.0. The topological polar surface area (TPSA) is 62.5 Å². The summed E-state index contributed by atoms with van der Waals surface area (Å²) in [6.45, 7) is 5.80. The van der Waals surface area contributed by atoms with Gasteiger partial charge in [0.15, 0.2) is 11.7 Å². The summed E-state index contributed by atoms with van der Waals surface area (Å²) >= 11 is 0. The molecule has 2 rings (SSSR count). The molecule has 24 heavy (non-hydrogen) atoms. The lowest BCUT2D eigenvalue weighted by atomic mass is 10.1. The van der Waals surface area contributed by atoms with Crippen molar-refractivity contribution < 1.29 is 8.91 Å². The Hall–Kier alpha value is -1.64. The molecule has 0 aliphatic rings. The van der Waals surface area contributed by atoms with Crippen LogP contribution < -0.4 is 10.6 Å². The summed E-state index contributed by atoms with van der Waals surface area (Å²) < 4.78 is 18.8. The normalized spacial score (nSPS) is 11.0. The van der Waals surface area contributed by atoms with Crippen LogP contribution in [0, 0.1) is 5.82 Å². The molecule has 0 amide bonds. The zero-order valence-corrected chi connectivity index (χ0v) is 16.3. The molecule has 2 aromatic rings. The smallest absolute Gasteiger partial charge is 0.191 e. The molecule has 7 heteroatoms. The fraction of sp³-hybridized carbons (Fsp3) is 0.412. The molecule has 132 valence electrons. The van der Waals surface area contributed by atoms with Crippen molar-refractivity contribution >= 4 is 29.9 Å². The van der Waals surface area contributed by atoms with Crippen molar-refractivity contribution in [2.24, 2.45) is 4.99 Å². The minimum atomic E-state index is -0.176. The number of hydrogen-bond acceptors (Lipinski definition) is 3. The number of aryl methyl sites for hydroxylation is 1. The first-order valence-electron chi connectivity index (χ1n) is 7.93. The number of aliphatic imine (C=N–C) groups is 1. The Morgan fingerprint density at radius 1 is 1.25 bits per heavy atom. The predicted molar refractivity (Wildman–Crippen MR) is 104 cm³/mol. The highest BCUT2D eigenvalue weighted by Gasteiger charge is 2.04. The number of benzene rings is 1. The Morgan fingerprint density at radius 2 is 2.04 bits per heavy atom. The largest absolute Gasteiger partial charge is 0.359 e. The van der Waals surface area contributed by atoms with Crippen molar-refractivity contribution in [3.8, 4) is 0 Å². The van der Waals surface area contributed by atoms with Crippen LogP contribution in [0.4, 0.5) is 4.39 Å². The van der Waals surface area contributed by atoms with Gasteiger partial charge in [0.2, 0.25) is 0 Å². The van der Waals surface area contributed by atoms with Crippen LogP contribution in [0.25, 0.3) is 0 Å². The SMILES string of the molecule is CCNC(=NCc1cc(CC)no1)NCCc1ccccc1F.I. The number of guanidine groups is 1. The van der Waals surface area contributed by atoms with Crippen LogP contribution in [-0.2, 0) is 19.4 Å². The second-order valence-electron chi connectivity index (χ2n) is 5.10. The molecular formula is C17H24FIN4O. The van der Waals surface area contributed by atoms with E-state index in [9.17, 15) is 4.39 Å². The molecule has 0 saturated carbocycles. The van der Waals surface area contributed by atoms with E-state index in [1.54, 1.807) is 12.1 Å². The van der Waals surface area contributed by atoms with Gasteiger partial charge in [0, 0.05) is 19.2 Å². The van der Waals surface area contributed by atoms with Crippen LogP contribution in [0.5, 0.6) is 0 Å². The van der Waals surface area contributed by atoms with Gasteiger partial charge in [-0.05, 0) is 31.4 Å². The van der Waals surface area contributed by atoms with Gasteiger partial charge in [0.1, 0.15) is 12.4 Å². The summed E-state index contributed by atoms with van der Waals surface area (Å²) in [6.07, 6.45) is 1.44. The molecule has 0 fully saturated rings. The summed E-state index contributed by atoms with van der Waals surface area (Å²) in [5.74, 6) is 1.23. The van der Waals surface area contributed by atoms with E-state index in [0.29, 0.717) is 31.0 Å². The average Bonchev–Trinajstić information content (AvgIpc) is 3.02. The minimum Gasteiger partial charge on any atom is -0.359 e. The molecule has 1 aromatic heterocycles. The van der Waals surface area contributed by atoms with Crippen molar-refractivity contribution in [1.82, 2.24) is 15.8 Å². The quantitative estimate of drug-likeness (QED) is 0.390. The Bertz CT molecular complexity index is 645. The summed E-state index contributed by atoms with van der Waals surface area (Å²) in [6, 6.07) is 8.71. The maximum Gasteiger partial charge on any atom is 0.191 e. The van der Waals surface area contributed by atoms with E-state index in [2.05, 4.69) is 20.8 Å². The van der Waals surface area contributed by atoms with Gasteiger partial charge in [0.05, 0.1) is 5.69 Å². The monoisotopic (exact) mass is 446 g/mol. The fourth-order valence-electron chi connectivity index (χ4n) is 2.11. The van der Waals surface area contributed by atoms with E-state index in [0.717, 1.165) is 24.4 Å². The zero-order chi connectivity index (χ0) is 16.5. The fourth-order valence-corrected chi connectivity index (χ4v) is 2.11. The maximum atomic E-state index is 13.6. The summed E-state index contributed by atoms with van der Waals surface area (Å²) in [7, 11) is 0. The van der Waals surface area contributed by atoms with Crippen molar-refractivity contribution in [3.63, 3.8) is 0 Å². The van der Waals surface area contributed by atoms with E-state index in [4.69, 9.17) is 4.52 Å². The van der Waals surface area contributed by atoms with Crippen LogP contribution >= 0.6 is 24.0 Å². The molecule has 0 aliphatic carbocycles. The number of hydrogen-bond donors (Lipinski definition) is 2. The van der Waals surface area contributed by atoms with Crippen LogP contribution in [0.1, 0.15) is 30.9 Å². The van der Waals surface area contributed by atoms with Gasteiger partial charge in [-0.25, -0.2) is 9.38 Å². The number of nitrogens with one attached hydrogen (secondary N) is 2. The number of nitrogens with zero attached hydrogens (tertiary/aromatic N) is 2. The molecule has 2 N–H and O–H groups in total. The van der Waals surface area contributed by atoms with Gasteiger partial charge in [-0.1, -0.05) is 30.3 Å². The molecule has 0 saturated heterocycles. The number of rotatable bonds is 7. The van der Waals surface area contributed by atoms with Gasteiger partial charge < -0.3 is 15.2 Å². The first-order valence-corrected chi connectivity index (χ1v) is 7.93. The standard InChI is InChI=1S/C17H23FN4O.HI/c1-3-14-11-15(23-22-14)12-21-17(19-4-2)20-10-9-13-7-5-6-8-16(13)18;/h5-8,11H,3-4,9-10,12H2,1-2H3,(H2,19,20,21);1H. The second kappa shape index (κ2) is 11.0. The molecule has 0 atom stereocenters. The lowest BCUT2D eigenvalue weighted by Crippen LogP contribution is -2.38. The average molecular weight is 446 g/mol. The third kappa shape index (κ3) is 6.46. The Morgan fingerprint density at radius 3 is 2.71 bits per heavy atom. The summed E-state index contributed by atoms with van der Waals surface area (Å²) in [5, 5.41) is 10.3. The van der Waals surface area contributed by atoms with E-state index < -0.39 is 0 Å². The van der Waals surface area contributed by atoms with Crippen molar-refractivity contribution in [3.05, 3.63) is 53.2 Å². The first-order chi connectivity index (χ1) is 11.2. The van der Waals surface area contributed by atoms with E-state index >= 15 is 0 Å². The maximum absolute atomic E-state index is 13.6. The number of aromatic nitrogens is 1. The minimum absolute atomic E-state index is 0. The Balaban J connectivity index is 0.00000288. The molecule has 0 bridgehead atoms. The molecule has 5 nitrogen and oxygen atoms in total. The van der Waals surface area contributed by atoms with Gasteiger partial charge in [0.25, 0.3) is 0 Å². The number of halogens is 2. The lowest BCUT2D eigenvalue weighted by molar-refractivity contribution is 0.379. The molecule has 0 aliphatic heterocycles. The molecule has 0 radical (unpaired) electrons.